The molecular formula is C12H11ClN2O4. The lowest BCUT2D eigenvalue weighted by Gasteiger charge is -2.11. The highest BCUT2D eigenvalue weighted by Crippen LogP contribution is 2.10. The lowest BCUT2D eigenvalue weighted by atomic mass is 10.2. The van der Waals surface area contributed by atoms with Crippen LogP contribution in [0.5, 0.6) is 0 Å². The fraction of sp³-hybridized carbons (Fsp3) is 0.250. The summed E-state index contributed by atoms with van der Waals surface area (Å²) in [4.78, 5) is 35.1. The molecule has 6 nitrogen and oxygen atoms in total. The monoisotopic (exact) mass is 282 g/mol. The van der Waals surface area contributed by atoms with Crippen LogP contribution in [0.3, 0.4) is 0 Å². The number of nitrogens with one attached hydrogen (secondary N) is 1. The van der Waals surface area contributed by atoms with E-state index in [1.54, 1.807) is 18.2 Å². The Morgan fingerprint density at radius 3 is 2.84 bits per heavy atom. The normalized spacial score (nSPS) is 14.5. The number of carbonyl (C=O) groups is 3. The smallest absolute Gasteiger partial charge is 0.417 e. The number of amides is 3. The summed E-state index contributed by atoms with van der Waals surface area (Å²) in [5.74, 6) is -0.718. The molecule has 0 atom stereocenters. The van der Waals surface area contributed by atoms with Crippen molar-refractivity contribution in [3.8, 4) is 0 Å². The van der Waals surface area contributed by atoms with Crippen molar-refractivity contribution in [1.29, 1.82) is 0 Å². The summed E-state index contributed by atoms with van der Waals surface area (Å²) in [6.45, 7) is 0.0111. The van der Waals surface area contributed by atoms with Crippen molar-refractivity contribution < 1.29 is 19.1 Å². The van der Waals surface area contributed by atoms with Crippen LogP contribution in [0.25, 0.3) is 0 Å². The number of hydrogen-bond acceptors (Lipinski definition) is 4. The van der Waals surface area contributed by atoms with Gasteiger partial charge in [-0.05, 0) is 18.2 Å². The first-order valence-electron chi connectivity index (χ1n) is 5.59. The molecule has 100 valence electrons. The number of benzene rings is 1. The molecule has 7 heteroatoms. The molecule has 0 spiro atoms. The highest BCUT2D eigenvalue weighted by atomic mass is 35.5. The summed E-state index contributed by atoms with van der Waals surface area (Å²) in [7, 11) is 0. The number of imide groups is 1. The second kappa shape index (κ2) is 5.71. The van der Waals surface area contributed by atoms with Crippen molar-refractivity contribution in [2.45, 2.75) is 0 Å². The van der Waals surface area contributed by atoms with E-state index in [0.717, 1.165) is 4.90 Å². The predicted molar refractivity (Wildman–Crippen MR) is 66.8 cm³/mol. The fourth-order valence-corrected chi connectivity index (χ4v) is 1.80. The summed E-state index contributed by atoms with van der Waals surface area (Å²) >= 11 is 5.77. The van der Waals surface area contributed by atoms with Crippen LogP contribution >= 0.6 is 11.6 Å². The van der Waals surface area contributed by atoms with Gasteiger partial charge in [0.2, 0.25) is 0 Å². The minimum atomic E-state index is -0.679. The molecule has 1 saturated heterocycles. The van der Waals surface area contributed by atoms with Gasteiger partial charge in [0.25, 0.3) is 11.8 Å². The van der Waals surface area contributed by atoms with E-state index in [9.17, 15) is 14.4 Å². The number of cyclic esters (lactones) is 1. The zero-order valence-electron chi connectivity index (χ0n) is 9.89. The van der Waals surface area contributed by atoms with Crippen LogP contribution in [0.1, 0.15) is 10.4 Å². The van der Waals surface area contributed by atoms with E-state index in [4.69, 9.17) is 11.6 Å². The summed E-state index contributed by atoms with van der Waals surface area (Å²) < 4.78 is 4.54. The molecule has 1 aromatic rings. The molecule has 0 saturated carbocycles. The van der Waals surface area contributed by atoms with Gasteiger partial charge in [0.05, 0.1) is 0 Å². The largest absolute Gasteiger partial charge is 0.439 e. The highest BCUT2D eigenvalue weighted by molar-refractivity contribution is 6.30. The number of carbonyl (C=O) groups excluding carboxylic acids is 3. The van der Waals surface area contributed by atoms with Crippen LogP contribution in [0.2, 0.25) is 5.02 Å². The second-order valence-corrected chi connectivity index (χ2v) is 4.30. The van der Waals surface area contributed by atoms with Crippen molar-refractivity contribution in [2.24, 2.45) is 0 Å². The van der Waals surface area contributed by atoms with Gasteiger partial charge in [0, 0.05) is 23.7 Å². The number of hydrogen-bond donors (Lipinski definition) is 1. The standard InChI is InChI=1S/C12H11ClN2O4/c13-9-3-1-2-8(6-9)11(17)14-4-5-15-10(16)7-19-12(15)18/h1-3,6H,4-5,7H2,(H,14,17). The Hall–Kier alpha value is -2.08. The van der Waals surface area contributed by atoms with Crippen LogP contribution in [-0.4, -0.2) is 42.5 Å². The molecule has 0 aromatic heterocycles. The molecule has 3 amide bonds. The maximum Gasteiger partial charge on any atom is 0.417 e. The first-order valence-corrected chi connectivity index (χ1v) is 5.96. The molecule has 1 fully saturated rings. The Morgan fingerprint density at radius 1 is 1.42 bits per heavy atom. The molecule has 1 aromatic carbocycles. The van der Waals surface area contributed by atoms with Crippen molar-refractivity contribution in [3.63, 3.8) is 0 Å². The van der Waals surface area contributed by atoms with Gasteiger partial charge in [-0.3, -0.25) is 9.59 Å². The van der Waals surface area contributed by atoms with Crippen LogP contribution < -0.4 is 5.32 Å². The molecule has 1 aliphatic heterocycles. The SMILES string of the molecule is O=C(NCCN1C(=O)COC1=O)c1cccc(Cl)c1. The van der Waals surface area contributed by atoms with Gasteiger partial charge >= 0.3 is 6.09 Å². The zero-order chi connectivity index (χ0) is 13.8. The summed E-state index contributed by atoms with van der Waals surface area (Å²) in [5, 5.41) is 3.06. The number of halogens is 1. The van der Waals surface area contributed by atoms with Gasteiger partial charge in [-0.25, -0.2) is 9.69 Å². The van der Waals surface area contributed by atoms with E-state index >= 15 is 0 Å². The van der Waals surface area contributed by atoms with Crippen molar-refractivity contribution >= 4 is 29.5 Å². The molecule has 0 aliphatic carbocycles. The lowest BCUT2D eigenvalue weighted by molar-refractivity contribution is -0.125. The van der Waals surface area contributed by atoms with Crippen LogP contribution in [0, 0.1) is 0 Å². The fourth-order valence-electron chi connectivity index (χ4n) is 1.61. The average Bonchev–Trinajstić information content (AvgIpc) is 2.70. The average molecular weight is 283 g/mol. The molecule has 1 aliphatic rings. The second-order valence-electron chi connectivity index (χ2n) is 3.87. The van der Waals surface area contributed by atoms with Gasteiger partial charge < -0.3 is 10.1 Å². The van der Waals surface area contributed by atoms with E-state index in [-0.39, 0.29) is 25.6 Å². The van der Waals surface area contributed by atoms with Crippen LogP contribution in [-0.2, 0) is 9.53 Å². The number of rotatable bonds is 4. The maximum absolute atomic E-state index is 11.7. The van der Waals surface area contributed by atoms with Crippen molar-refractivity contribution in [3.05, 3.63) is 34.9 Å². The minimum Gasteiger partial charge on any atom is -0.439 e. The third-order valence-electron chi connectivity index (χ3n) is 2.55. The maximum atomic E-state index is 11.7. The first-order chi connectivity index (χ1) is 9.08. The molecule has 2 rings (SSSR count). The molecule has 1 N–H and O–H groups in total. The van der Waals surface area contributed by atoms with Gasteiger partial charge in [0.15, 0.2) is 6.61 Å². The number of ether oxygens (including phenoxy) is 1. The Balaban J connectivity index is 1.84. The molecule has 19 heavy (non-hydrogen) atoms. The number of nitrogens with zero attached hydrogens (tertiary/aromatic N) is 1. The van der Waals surface area contributed by atoms with Gasteiger partial charge in [-0.1, -0.05) is 17.7 Å². The third-order valence-corrected chi connectivity index (χ3v) is 2.78. The van der Waals surface area contributed by atoms with E-state index in [2.05, 4.69) is 10.1 Å². The molecule has 1 heterocycles. The minimum absolute atomic E-state index is 0.0873. The molecule has 0 bridgehead atoms. The Morgan fingerprint density at radius 2 is 2.21 bits per heavy atom. The molecular weight excluding hydrogens is 272 g/mol. The topological polar surface area (TPSA) is 75.7 Å². The Kier molecular flexibility index (Phi) is 4.01. The highest BCUT2D eigenvalue weighted by Gasteiger charge is 2.30. The first kappa shape index (κ1) is 13.4. The van der Waals surface area contributed by atoms with Crippen molar-refractivity contribution in [1.82, 2.24) is 10.2 Å². The molecule has 0 unspecified atom stereocenters. The van der Waals surface area contributed by atoms with E-state index in [1.807, 2.05) is 0 Å². The Bertz CT molecular complexity index is 516. The quantitative estimate of drug-likeness (QED) is 0.895. The van der Waals surface area contributed by atoms with Crippen LogP contribution in [0.4, 0.5) is 4.79 Å². The van der Waals surface area contributed by atoms with Gasteiger partial charge in [-0.2, -0.15) is 0 Å². The van der Waals surface area contributed by atoms with Crippen LogP contribution in [0.15, 0.2) is 24.3 Å². The predicted octanol–water partition coefficient (Wildman–Crippen LogP) is 1.05. The van der Waals surface area contributed by atoms with Gasteiger partial charge in [0.1, 0.15) is 0 Å². The summed E-state index contributed by atoms with van der Waals surface area (Å²) in [5.41, 5.74) is 0.419. The van der Waals surface area contributed by atoms with E-state index < -0.39 is 12.0 Å². The van der Waals surface area contributed by atoms with Gasteiger partial charge in [-0.15, -0.1) is 0 Å². The van der Waals surface area contributed by atoms with Crippen molar-refractivity contribution in [2.75, 3.05) is 19.7 Å². The lowest BCUT2D eigenvalue weighted by Crippen LogP contribution is -2.37. The summed E-state index contributed by atoms with van der Waals surface area (Å²) in [6, 6.07) is 6.48. The Labute approximate surface area is 114 Å². The van der Waals surface area contributed by atoms with E-state index in [1.165, 1.54) is 6.07 Å². The zero-order valence-corrected chi connectivity index (χ0v) is 10.6. The summed E-state index contributed by atoms with van der Waals surface area (Å²) in [6.07, 6.45) is -0.679. The molecule has 0 radical (unpaired) electrons. The van der Waals surface area contributed by atoms with E-state index in [0.29, 0.717) is 10.6 Å². The third kappa shape index (κ3) is 3.23.